The molecule has 1 aromatic carbocycles. The van der Waals surface area contributed by atoms with Crippen LogP contribution in [0.2, 0.25) is 0 Å². The summed E-state index contributed by atoms with van der Waals surface area (Å²) in [5.41, 5.74) is 3.30. The fraction of sp³-hybridized carbons (Fsp3) is 0.520. The summed E-state index contributed by atoms with van der Waals surface area (Å²) in [4.78, 5) is 4.45. The van der Waals surface area contributed by atoms with Crippen molar-refractivity contribution in [2.75, 3.05) is 19.0 Å². The summed E-state index contributed by atoms with van der Waals surface area (Å²) in [6.45, 7) is 2.01. The molecule has 2 aromatic heterocycles. The molecule has 4 N–H and O–H groups in total. The second-order valence-corrected chi connectivity index (χ2v) is 9.56. The Bertz CT molecular complexity index is 1130. The molecule has 33 heavy (non-hydrogen) atoms. The molecule has 8 nitrogen and oxygen atoms in total. The Balaban J connectivity index is 1.45. The van der Waals surface area contributed by atoms with Gasteiger partial charge in [0.2, 0.25) is 0 Å². The van der Waals surface area contributed by atoms with E-state index in [-0.39, 0.29) is 24.2 Å². The van der Waals surface area contributed by atoms with Crippen molar-refractivity contribution in [2.24, 2.45) is 11.8 Å². The lowest BCUT2D eigenvalue weighted by Gasteiger charge is -2.42. The van der Waals surface area contributed by atoms with E-state index in [4.69, 9.17) is 9.84 Å². The van der Waals surface area contributed by atoms with E-state index in [2.05, 4.69) is 29.4 Å². The predicted octanol–water partition coefficient (Wildman–Crippen LogP) is 2.57. The van der Waals surface area contributed by atoms with E-state index in [1.54, 1.807) is 23.9 Å². The van der Waals surface area contributed by atoms with Gasteiger partial charge in [-0.25, -0.2) is 4.98 Å². The molecule has 2 aliphatic rings. The molecule has 0 bridgehead atoms. The molecule has 2 heterocycles. The van der Waals surface area contributed by atoms with Crippen molar-refractivity contribution < 1.29 is 20.1 Å². The molecule has 0 saturated heterocycles. The minimum absolute atomic E-state index is 0.161. The van der Waals surface area contributed by atoms with Gasteiger partial charge in [-0.2, -0.15) is 9.61 Å². The molecule has 0 aliphatic heterocycles. The fourth-order valence-corrected chi connectivity index (χ4v) is 5.25. The predicted molar refractivity (Wildman–Crippen MR) is 125 cm³/mol. The van der Waals surface area contributed by atoms with Crippen LogP contribution in [0.25, 0.3) is 16.9 Å². The maximum Gasteiger partial charge on any atom is 0.157 e. The lowest BCUT2D eigenvalue weighted by Crippen LogP contribution is -2.38. The third-order valence-corrected chi connectivity index (χ3v) is 7.77. The van der Waals surface area contributed by atoms with Crippen LogP contribution in [0.1, 0.15) is 38.2 Å². The molecule has 5 atom stereocenters. The topological polar surface area (TPSA) is 112 Å². The summed E-state index contributed by atoms with van der Waals surface area (Å²) in [6.07, 6.45) is 3.86. The molecule has 0 spiro atoms. The number of nitrogens with one attached hydrogen (secondary N) is 1. The number of ether oxygens (including phenoxy) is 1. The lowest BCUT2D eigenvalue weighted by atomic mass is 9.70. The summed E-state index contributed by atoms with van der Waals surface area (Å²) in [5.74, 6) is 0.845. The van der Waals surface area contributed by atoms with Crippen molar-refractivity contribution >= 4 is 11.5 Å². The average Bonchev–Trinajstić information content (AvgIpc) is 3.35. The van der Waals surface area contributed by atoms with Gasteiger partial charge in [0.05, 0.1) is 23.4 Å². The molecule has 2 saturated carbocycles. The van der Waals surface area contributed by atoms with E-state index in [0.29, 0.717) is 23.8 Å². The van der Waals surface area contributed by atoms with Crippen LogP contribution in [0.5, 0.6) is 0 Å². The molecule has 1 unspecified atom stereocenters. The minimum atomic E-state index is -0.963. The van der Waals surface area contributed by atoms with E-state index < -0.39 is 12.2 Å². The fourth-order valence-electron chi connectivity index (χ4n) is 5.25. The van der Waals surface area contributed by atoms with Gasteiger partial charge in [0, 0.05) is 37.5 Å². The molecule has 2 aliphatic carbocycles. The van der Waals surface area contributed by atoms with Crippen molar-refractivity contribution in [1.82, 2.24) is 14.6 Å². The van der Waals surface area contributed by atoms with Crippen LogP contribution in [0, 0.1) is 11.8 Å². The highest BCUT2D eigenvalue weighted by Gasteiger charge is 2.41. The van der Waals surface area contributed by atoms with Crippen LogP contribution in [-0.2, 0) is 10.3 Å². The number of anilines is 1. The molecular weight excluding hydrogens is 420 g/mol. The molecule has 0 amide bonds. The van der Waals surface area contributed by atoms with E-state index in [9.17, 15) is 15.3 Å². The van der Waals surface area contributed by atoms with Gasteiger partial charge in [-0.1, -0.05) is 24.6 Å². The summed E-state index contributed by atoms with van der Waals surface area (Å²) < 4.78 is 7.71. The van der Waals surface area contributed by atoms with Gasteiger partial charge in [-0.05, 0) is 49.8 Å². The van der Waals surface area contributed by atoms with Crippen LogP contribution < -0.4 is 5.32 Å². The maximum atomic E-state index is 10.4. The average molecular weight is 453 g/mol. The zero-order valence-corrected chi connectivity index (χ0v) is 19.1. The number of hydrogen-bond donors (Lipinski definition) is 4. The number of aliphatic hydroxyl groups is 3. The van der Waals surface area contributed by atoms with Gasteiger partial charge in [-0.3, -0.25) is 0 Å². The maximum absolute atomic E-state index is 10.4. The van der Waals surface area contributed by atoms with Crippen molar-refractivity contribution in [2.45, 2.75) is 56.5 Å². The molecule has 5 rings (SSSR count). The summed E-state index contributed by atoms with van der Waals surface area (Å²) in [5, 5.41) is 38.1. The number of fused-ring (bicyclic) bond motifs is 1. The second kappa shape index (κ2) is 8.68. The third kappa shape index (κ3) is 3.81. The summed E-state index contributed by atoms with van der Waals surface area (Å²) in [6, 6.07) is 11.7. The van der Waals surface area contributed by atoms with Gasteiger partial charge < -0.3 is 25.4 Å². The van der Waals surface area contributed by atoms with Crippen molar-refractivity contribution in [3.63, 3.8) is 0 Å². The number of hydrogen-bond acceptors (Lipinski definition) is 7. The lowest BCUT2D eigenvalue weighted by molar-refractivity contribution is -0.0758. The highest BCUT2D eigenvalue weighted by atomic mass is 16.5. The Kier molecular flexibility index (Phi) is 5.86. The molecule has 8 heteroatoms. The van der Waals surface area contributed by atoms with Crippen LogP contribution in [-0.4, -0.2) is 61.9 Å². The monoisotopic (exact) mass is 452 g/mol. The Morgan fingerprint density at radius 3 is 2.67 bits per heavy atom. The van der Waals surface area contributed by atoms with E-state index >= 15 is 0 Å². The minimum Gasteiger partial charge on any atom is -0.396 e. The van der Waals surface area contributed by atoms with E-state index in [1.165, 1.54) is 19.3 Å². The zero-order valence-electron chi connectivity index (χ0n) is 19.1. The Morgan fingerprint density at radius 1 is 1.18 bits per heavy atom. The number of nitrogens with zero attached hydrogens (tertiary/aromatic N) is 3. The highest BCUT2D eigenvalue weighted by Crippen LogP contribution is 2.45. The standard InChI is InChI=1S/C25H32N4O4/c1-25(33-2,17-6-4-7-17)18-8-3-5-15(11-18)19-13-22-26-10-9-21(29(22)28-19)27-20-12-16(14-30)23(31)24(20)32/h3,5,8-11,13,16-17,20,23-24,27,30-32H,4,6-7,12,14H2,1-2H3/t16-,20-,23-,24+,25?/m1/s1. The van der Waals surface area contributed by atoms with Crippen LogP contribution >= 0.6 is 0 Å². The van der Waals surface area contributed by atoms with Gasteiger partial charge in [0.25, 0.3) is 0 Å². The Labute approximate surface area is 193 Å². The van der Waals surface area contributed by atoms with Crippen LogP contribution in [0.4, 0.5) is 5.82 Å². The Morgan fingerprint density at radius 2 is 2.00 bits per heavy atom. The normalized spacial score (nSPS) is 27.4. The van der Waals surface area contributed by atoms with Gasteiger partial charge in [0.1, 0.15) is 11.9 Å². The first-order valence-electron chi connectivity index (χ1n) is 11.7. The molecule has 0 radical (unpaired) electrons. The number of benzene rings is 1. The largest absolute Gasteiger partial charge is 0.396 e. The SMILES string of the molecule is COC(C)(c1cccc(-c2cc3nccc(N[C@@H]4C[C@H](CO)[C@@H](O)[C@H]4O)n3n2)c1)C1CCC1. The van der Waals surface area contributed by atoms with Crippen LogP contribution in [0.15, 0.2) is 42.6 Å². The summed E-state index contributed by atoms with van der Waals surface area (Å²) in [7, 11) is 1.79. The number of aliphatic hydroxyl groups excluding tert-OH is 3. The quantitative estimate of drug-likeness (QED) is 0.436. The summed E-state index contributed by atoms with van der Waals surface area (Å²) >= 11 is 0. The zero-order chi connectivity index (χ0) is 23.2. The Hall–Kier alpha value is -2.52. The molecule has 3 aromatic rings. The first kappa shape index (κ1) is 22.3. The van der Waals surface area contributed by atoms with Gasteiger partial charge in [0.15, 0.2) is 5.65 Å². The second-order valence-electron chi connectivity index (χ2n) is 9.56. The molecule has 2 fully saturated rings. The van der Waals surface area contributed by atoms with Gasteiger partial charge >= 0.3 is 0 Å². The number of methoxy groups -OCH3 is 1. The van der Waals surface area contributed by atoms with E-state index in [0.717, 1.165) is 16.8 Å². The number of rotatable bonds is 7. The van der Waals surface area contributed by atoms with Crippen LogP contribution in [0.3, 0.4) is 0 Å². The van der Waals surface area contributed by atoms with Crippen molar-refractivity contribution in [3.8, 4) is 11.3 Å². The number of aromatic nitrogens is 3. The molecule has 176 valence electrons. The first-order valence-corrected chi connectivity index (χ1v) is 11.7. The third-order valence-electron chi connectivity index (χ3n) is 7.77. The first-order chi connectivity index (χ1) is 15.9. The van der Waals surface area contributed by atoms with Gasteiger partial charge in [-0.15, -0.1) is 0 Å². The van der Waals surface area contributed by atoms with E-state index in [1.807, 2.05) is 18.2 Å². The highest BCUT2D eigenvalue weighted by molar-refractivity contribution is 5.66. The van der Waals surface area contributed by atoms with Crippen molar-refractivity contribution in [1.29, 1.82) is 0 Å². The smallest absolute Gasteiger partial charge is 0.157 e. The molecular formula is C25H32N4O4. The van der Waals surface area contributed by atoms with Crippen molar-refractivity contribution in [3.05, 3.63) is 48.2 Å².